The second-order valence-electron chi connectivity index (χ2n) is 3.05. The molecule has 0 unspecified atom stereocenters. The molecule has 0 fully saturated rings. The predicted molar refractivity (Wildman–Crippen MR) is 56.1 cm³/mol. The number of rotatable bonds is 2. The number of benzene rings is 1. The van der Waals surface area contributed by atoms with Gasteiger partial charge in [0.2, 0.25) is 0 Å². The van der Waals surface area contributed by atoms with Crippen molar-refractivity contribution in [2.75, 3.05) is 0 Å². The van der Waals surface area contributed by atoms with E-state index in [1.54, 1.807) is 0 Å². The molecule has 0 atom stereocenters. The van der Waals surface area contributed by atoms with E-state index < -0.39 is 11.8 Å². The lowest BCUT2D eigenvalue weighted by molar-refractivity contribution is 0.0697. The zero-order valence-electron chi connectivity index (χ0n) is 7.85. The Labute approximate surface area is 95.1 Å². The molecular formula is C10H6FNO3S. The second kappa shape index (κ2) is 3.97. The van der Waals surface area contributed by atoms with E-state index in [0.29, 0.717) is 5.69 Å². The molecule has 0 spiro atoms. The summed E-state index contributed by atoms with van der Waals surface area (Å²) in [5.74, 6) is -1.84. The Morgan fingerprint density at radius 1 is 1.44 bits per heavy atom. The third-order valence-corrected chi connectivity index (χ3v) is 2.20. The lowest BCUT2D eigenvalue weighted by atomic mass is 10.0. The molecule has 0 saturated heterocycles. The van der Waals surface area contributed by atoms with Gasteiger partial charge in [0.25, 0.3) is 0 Å². The number of hydrogen-bond donors (Lipinski definition) is 2. The molecule has 16 heavy (non-hydrogen) atoms. The van der Waals surface area contributed by atoms with Gasteiger partial charge in [-0.2, -0.15) is 0 Å². The molecule has 82 valence electrons. The van der Waals surface area contributed by atoms with Gasteiger partial charge >= 0.3 is 5.97 Å². The number of aromatic nitrogens is 1. The minimum atomic E-state index is -1.22. The van der Waals surface area contributed by atoms with Gasteiger partial charge in [0.15, 0.2) is 5.09 Å². The van der Waals surface area contributed by atoms with Gasteiger partial charge in [0.05, 0.1) is 5.56 Å². The normalized spacial score (nSPS) is 10.4. The summed E-state index contributed by atoms with van der Waals surface area (Å²) in [6.07, 6.45) is 0. The van der Waals surface area contributed by atoms with Gasteiger partial charge in [-0.15, -0.1) is 12.6 Å². The van der Waals surface area contributed by atoms with Crippen molar-refractivity contribution in [2.24, 2.45) is 0 Å². The molecule has 1 N–H and O–H groups in total. The summed E-state index contributed by atoms with van der Waals surface area (Å²) in [4.78, 5) is 10.9. The molecule has 0 aliphatic rings. The molecule has 0 amide bonds. The number of nitrogens with zero attached hydrogens (tertiary/aromatic N) is 1. The average Bonchev–Trinajstić information content (AvgIpc) is 2.64. The summed E-state index contributed by atoms with van der Waals surface area (Å²) < 4.78 is 17.6. The molecule has 4 nitrogen and oxygen atoms in total. The van der Waals surface area contributed by atoms with Crippen molar-refractivity contribution < 1.29 is 18.8 Å². The van der Waals surface area contributed by atoms with Crippen LogP contribution in [0.4, 0.5) is 4.39 Å². The van der Waals surface area contributed by atoms with E-state index in [4.69, 9.17) is 9.63 Å². The number of carbonyl (C=O) groups is 1. The van der Waals surface area contributed by atoms with Crippen molar-refractivity contribution in [2.45, 2.75) is 5.09 Å². The van der Waals surface area contributed by atoms with Crippen LogP contribution in [0.5, 0.6) is 0 Å². The summed E-state index contributed by atoms with van der Waals surface area (Å²) in [5.41, 5.74) is 0.432. The molecule has 0 bridgehead atoms. The maximum absolute atomic E-state index is 12.9. The number of halogens is 1. The summed E-state index contributed by atoms with van der Waals surface area (Å²) >= 11 is 3.91. The lowest BCUT2D eigenvalue weighted by Crippen LogP contribution is -2.00. The molecule has 0 radical (unpaired) electrons. The minimum Gasteiger partial charge on any atom is -0.478 e. The Morgan fingerprint density at radius 3 is 2.75 bits per heavy atom. The van der Waals surface area contributed by atoms with Crippen molar-refractivity contribution >= 4 is 18.6 Å². The van der Waals surface area contributed by atoms with Crippen molar-refractivity contribution in [3.63, 3.8) is 0 Å². The zero-order chi connectivity index (χ0) is 11.7. The average molecular weight is 239 g/mol. The maximum atomic E-state index is 12.9. The fourth-order valence-corrected chi connectivity index (χ4v) is 1.47. The van der Waals surface area contributed by atoms with Crippen LogP contribution >= 0.6 is 12.6 Å². The molecule has 1 aromatic heterocycles. The van der Waals surface area contributed by atoms with E-state index in [1.165, 1.54) is 12.1 Å². The maximum Gasteiger partial charge on any atom is 0.336 e. The van der Waals surface area contributed by atoms with Gasteiger partial charge in [-0.25, -0.2) is 9.18 Å². The summed E-state index contributed by atoms with van der Waals surface area (Å²) in [7, 11) is 0. The fourth-order valence-electron chi connectivity index (χ4n) is 1.31. The van der Waals surface area contributed by atoms with Crippen LogP contribution < -0.4 is 0 Å². The molecule has 6 heteroatoms. The third-order valence-electron chi connectivity index (χ3n) is 1.99. The molecule has 1 heterocycles. The van der Waals surface area contributed by atoms with Gasteiger partial charge in [-0.1, -0.05) is 5.16 Å². The van der Waals surface area contributed by atoms with Gasteiger partial charge in [0, 0.05) is 11.6 Å². The summed E-state index contributed by atoms with van der Waals surface area (Å²) in [5, 5.41) is 12.8. The number of hydrogen-bond acceptors (Lipinski definition) is 4. The topological polar surface area (TPSA) is 63.3 Å². The highest BCUT2D eigenvalue weighted by molar-refractivity contribution is 7.80. The first-order valence-electron chi connectivity index (χ1n) is 4.27. The van der Waals surface area contributed by atoms with E-state index in [9.17, 15) is 9.18 Å². The Balaban J connectivity index is 2.60. The standard InChI is InChI=1S/C10H6FNO3S/c11-5-1-2-6(7(3-5)10(13)14)8-4-9(16)15-12-8/h1-4,16H,(H,13,14). The van der Waals surface area contributed by atoms with Crippen LogP contribution in [0.1, 0.15) is 10.4 Å². The monoisotopic (exact) mass is 239 g/mol. The van der Waals surface area contributed by atoms with E-state index in [1.807, 2.05) is 0 Å². The highest BCUT2D eigenvalue weighted by Gasteiger charge is 2.15. The number of aromatic carboxylic acids is 1. The van der Waals surface area contributed by atoms with Crippen LogP contribution in [-0.4, -0.2) is 16.2 Å². The highest BCUT2D eigenvalue weighted by Crippen LogP contribution is 2.25. The molecule has 2 rings (SSSR count). The number of carboxylic acid groups (broad SMARTS) is 1. The quantitative estimate of drug-likeness (QED) is 0.790. The van der Waals surface area contributed by atoms with Crippen LogP contribution in [-0.2, 0) is 0 Å². The van der Waals surface area contributed by atoms with Gasteiger partial charge in [-0.3, -0.25) is 0 Å². The summed E-state index contributed by atoms with van der Waals surface area (Å²) in [6.45, 7) is 0. The second-order valence-corrected chi connectivity index (χ2v) is 3.49. The first-order valence-corrected chi connectivity index (χ1v) is 4.71. The minimum absolute atomic E-state index is 0.165. The van der Waals surface area contributed by atoms with E-state index in [-0.39, 0.29) is 16.2 Å². The molecule has 2 aromatic rings. The molecular weight excluding hydrogens is 233 g/mol. The molecule has 0 aliphatic carbocycles. The first-order chi connectivity index (χ1) is 7.58. The SMILES string of the molecule is O=C(O)c1cc(F)ccc1-c1cc(S)on1. The zero-order valence-corrected chi connectivity index (χ0v) is 8.74. The van der Waals surface area contributed by atoms with Crippen LogP contribution in [0.15, 0.2) is 33.9 Å². The lowest BCUT2D eigenvalue weighted by Gasteiger charge is -2.01. The Bertz CT molecular complexity index is 553. The Morgan fingerprint density at radius 2 is 2.19 bits per heavy atom. The predicted octanol–water partition coefficient (Wildman–Crippen LogP) is 2.47. The van der Waals surface area contributed by atoms with Gasteiger partial charge in [-0.05, 0) is 18.2 Å². The van der Waals surface area contributed by atoms with Gasteiger partial charge in [0.1, 0.15) is 11.5 Å². The first kappa shape index (κ1) is 10.7. The van der Waals surface area contributed by atoms with Crippen molar-refractivity contribution in [3.8, 4) is 11.3 Å². The van der Waals surface area contributed by atoms with E-state index in [0.717, 1.165) is 12.1 Å². The van der Waals surface area contributed by atoms with E-state index in [2.05, 4.69) is 17.8 Å². The van der Waals surface area contributed by atoms with Crippen molar-refractivity contribution in [3.05, 3.63) is 35.6 Å². The molecule has 0 aliphatic heterocycles. The Kier molecular flexibility index (Phi) is 2.66. The smallest absolute Gasteiger partial charge is 0.336 e. The fraction of sp³-hybridized carbons (Fsp3) is 0. The Hall–Kier alpha value is -1.82. The highest BCUT2D eigenvalue weighted by atomic mass is 32.1. The van der Waals surface area contributed by atoms with Crippen LogP contribution in [0, 0.1) is 5.82 Å². The van der Waals surface area contributed by atoms with Crippen LogP contribution in [0.2, 0.25) is 0 Å². The van der Waals surface area contributed by atoms with Gasteiger partial charge < -0.3 is 9.63 Å². The van der Waals surface area contributed by atoms with Crippen molar-refractivity contribution in [1.82, 2.24) is 5.16 Å². The molecule has 1 aromatic carbocycles. The molecule has 0 saturated carbocycles. The summed E-state index contributed by atoms with van der Waals surface area (Å²) in [6, 6.07) is 4.89. The van der Waals surface area contributed by atoms with Crippen molar-refractivity contribution in [1.29, 1.82) is 0 Å². The third kappa shape index (κ3) is 1.92. The largest absolute Gasteiger partial charge is 0.478 e. The number of thiol groups is 1. The van der Waals surface area contributed by atoms with Crippen LogP contribution in [0.3, 0.4) is 0 Å². The number of carboxylic acids is 1. The van der Waals surface area contributed by atoms with E-state index >= 15 is 0 Å². The van der Waals surface area contributed by atoms with Crippen LogP contribution in [0.25, 0.3) is 11.3 Å².